The van der Waals surface area contributed by atoms with Crippen molar-refractivity contribution in [1.29, 1.82) is 0 Å². The van der Waals surface area contributed by atoms with E-state index < -0.39 is 22.5 Å². The first-order valence-electron chi connectivity index (χ1n) is 9.86. The average molecular weight is 473 g/mol. The molecule has 0 unspecified atom stereocenters. The summed E-state index contributed by atoms with van der Waals surface area (Å²) in [5.74, 6) is -0.471. The van der Waals surface area contributed by atoms with Gasteiger partial charge in [0.05, 0.1) is 4.90 Å². The van der Waals surface area contributed by atoms with Gasteiger partial charge in [-0.2, -0.15) is 8.78 Å². The molecular weight excluding hydrogens is 450 g/mol. The lowest BCUT2D eigenvalue weighted by Crippen LogP contribution is -2.15. The maximum Gasteiger partial charge on any atom is 0.387 e. The quantitative estimate of drug-likeness (QED) is 0.433. The van der Waals surface area contributed by atoms with Gasteiger partial charge in [-0.1, -0.05) is 30.3 Å². The topological polar surface area (TPSA) is 84.5 Å². The number of rotatable bonds is 8. The molecule has 0 radical (unpaired) electrons. The molecule has 0 fully saturated rings. The summed E-state index contributed by atoms with van der Waals surface area (Å²) in [5, 5.41) is 2.62. The minimum Gasteiger partial charge on any atom is -0.435 e. The number of sulfonamides is 1. The molecule has 3 aromatic carbocycles. The lowest BCUT2D eigenvalue weighted by atomic mass is 10.2. The van der Waals surface area contributed by atoms with Crippen molar-refractivity contribution in [2.24, 2.45) is 0 Å². The molecule has 2 N–H and O–H groups in total. The third kappa shape index (κ3) is 6.88. The van der Waals surface area contributed by atoms with Crippen molar-refractivity contribution >= 4 is 33.4 Å². The number of anilines is 2. The maximum atomic E-state index is 12.9. The van der Waals surface area contributed by atoms with E-state index in [4.69, 9.17) is 0 Å². The molecule has 6 nitrogen and oxygen atoms in total. The van der Waals surface area contributed by atoms with Crippen LogP contribution in [0.5, 0.6) is 5.75 Å². The van der Waals surface area contributed by atoms with Crippen LogP contribution in [-0.4, -0.2) is 20.9 Å². The van der Waals surface area contributed by atoms with Crippen LogP contribution in [0.3, 0.4) is 0 Å². The lowest BCUT2D eigenvalue weighted by molar-refractivity contribution is -0.111. The lowest BCUT2D eigenvalue weighted by Gasteiger charge is -2.12. The first-order valence-corrected chi connectivity index (χ1v) is 11.3. The number of carbonyl (C=O) groups is 1. The zero-order chi connectivity index (χ0) is 24.0. The Morgan fingerprint density at radius 2 is 1.70 bits per heavy atom. The van der Waals surface area contributed by atoms with Crippen LogP contribution < -0.4 is 14.8 Å². The van der Waals surface area contributed by atoms with E-state index in [1.807, 2.05) is 13.0 Å². The Labute approximate surface area is 191 Å². The van der Waals surface area contributed by atoms with Crippen molar-refractivity contribution in [2.45, 2.75) is 25.4 Å². The van der Waals surface area contributed by atoms with Crippen LogP contribution in [0, 0.1) is 13.8 Å². The molecule has 172 valence electrons. The number of hydrogen-bond donors (Lipinski definition) is 2. The van der Waals surface area contributed by atoms with Crippen LogP contribution in [0.15, 0.2) is 77.7 Å². The molecular formula is C24H22F2N2O4S. The van der Waals surface area contributed by atoms with Crippen LogP contribution in [-0.2, 0) is 14.8 Å². The zero-order valence-corrected chi connectivity index (χ0v) is 18.7. The average Bonchev–Trinajstić information content (AvgIpc) is 2.74. The molecule has 0 saturated carbocycles. The molecule has 0 atom stereocenters. The summed E-state index contributed by atoms with van der Waals surface area (Å²) >= 11 is 0. The highest BCUT2D eigenvalue weighted by Crippen LogP contribution is 2.23. The van der Waals surface area contributed by atoms with Crippen LogP contribution in [0.4, 0.5) is 20.2 Å². The zero-order valence-electron chi connectivity index (χ0n) is 17.9. The van der Waals surface area contributed by atoms with Gasteiger partial charge in [0, 0.05) is 17.5 Å². The van der Waals surface area contributed by atoms with Crippen LogP contribution in [0.1, 0.15) is 16.7 Å². The second-order valence-corrected chi connectivity index (χ2v) is 8.88. The predicted octanol–water partition coefficient (Wildman–Crippen LogP) is 5.36. The predicted molar refractivity (Wildman–Crippen MR) is 124 cm³/mol. The fourth-order valence-corrected chi connectivity index (χ4v) is 4.32. The Morgan fingerprint density at radius 1 is 0.970 bits per heavy atom. The van der Waals surface area contributed by atoms with E-state index in [9.17, 15) is 22.0 Å². The van der Waals surface area contributed by atoms with Gasteiger partial charge in [0.1, 0.15) is 5.75 Å². The number of carbonyl (C=O) groups excluding carboxylic acids is 1. The molecule has 0 aliphatic carbocycles. The largest absolute Gasteiger partial charge is 0.435 e. The molecule has 0 aliphatic heterocycles. The Kier molecular flexibility index (Phi) is 7.44. The maximum absolute atomic E-state index is 12.9. The Balaban J connectivity index is 1.71. The summed E-state index contributed by atoms with van der Waals surface area (Å²) < 4.78 is 57.0. The fraction of sp³-hybridized carbons (Fsp3) is 0.125. The van der Waals surface area contributed by atoms with Gasteiger partial charge in [0.2, 0.25) is 5.91 Å². The van der Waals surface area contributed by atoms with E-state index in [0.29, 0.717) is 22.5 Å². The number of aryl methyl sites for hydroxylation is 2. The van der Waals surface area contributed by atoms with Gasteiger partial charge in [-0.05, 0) is 73.0 Å². The first-order chi connectivity index (χ1) is 15.6. The summed E-state index contributed by atoms with van der Waals surface area (Å²) in [6, 6.07) is 17.3. The van der Waals surface area contributed by atoms with Gasteiger partial charge in [0.25, 0.3) is 10.0 Å². The summed E-state index contributed by atoms with van der Waals surface area (Å²) in [4.78, 5) is 12.3. The minimum atomic E-state index is -3.87. The Hall–Kier alpha value is -3.72. The van der Waals surface area contributed by atoms with Gasteiger partial charge < -0.3 is 10.1 Å². The second kappa shape index (κ2) is 10.3. The van der Waals surface area contributed by atoms with E-state index >= 15 is 0 Å². The third-order valence-electron chi connectivity index (χ3n) is 4.55. The molecule has 3 aromatic rings. The van der Waals surface area contributed by atoms with Gasteiger partial charge >= 0.3 is 6.61 Å². The van der Waals surface area contributed by atoms with Gasteiger partial charge in [0.15, 0.2) is 0 Å². The molecule has 1 amide bonds. The van der Waals surface area contributed by atoms with Gasteiger partial charge in [-0.25, -0.2) is 8.42 Å². The number of halogens is 2. The Morgan fingerprint density at radius 3 is 2.36 bits per heavy atom. The molecule has 0 aliphatic rings. The molecule has 0 bridgehead atoms. The van der Waals surface area contributed by atoms with E-state index in [0.717, 1.165) is 5.56 Å². The monoisotopic (exact) mass is 472 g/mol. The van der Waals surface area contributed by atoms with Gasteiger partial charge in [-0.15, -0.1) is 0 Å². The van der Waals surface area contributed by atoms with E-state index in [2.05, 4.69) is 14.8 Å². The summed E-state index contributed by atoms with van der Waals surface area (Å²) in [6.07, 6.45) is 2.74. The van der Waals surface area contributed by atoms with Crippen LogP contribution in [0.2, 0.25) is 0 Å². The summed E-state index contributed by atoms with van der Waals surface area (Å²) in [5.41, 5.74) is 2.78. The van der Waals surface area contributed by atoms with Crippen molar-refractivity contribution < 1.29 is 26.7 Å². The highest BCUT2D eigenvalue weighted by Gasteiger charge is 2.18. The number of nitrogens with one attached hydrogen (secondary N) is 2. The molecule has 0 saturated heterocycles. The van der Waals surface area contributed by atoms with Crippen molar-refractivity contribution in [2.75, 3.05) is 10.0 Å². The minimum absolute atomic E-state index is 0.0132. The van der Waals surface area contributed by atoms with Gasteiger partial charge in [-0.3, -0.25) is 9.52 Å². The molecule has 33 heavy (non-hydrogen) atoms. The normalized spacial score (nSPS) is 11.5. The van der Waals surface area contributed by atoms with Crippen molar-refractivity contribution in [1.82, 2.24) is 0 Å². The first kappa shape index (κ1) is 23.9. The van der Waals surface area contributed by atoms with Crippen molar-refractivity contribution in [3.05, 3.63) is 89.5 Å². The SMILES string of the molecule is Cc1cccc(NS(=O)(=O)c2cc(NC(=O)C=Cc3ccc(OC(F)F)cc3)ccc2C)c1. The summed E-state index contributed by atoms with van der Waals surface area (Å²) in [6.45, 7) is 0.614. The number of alkyl halides is 2. The van der Waals surface area contributed by atoms with Crippen molar-refractivity contribution in [3.63, 3.8) is 0 Å². The highest BCUT2D eigenvalue weighted by molar-refractivity contribution is 7.92. The molecule has 0 aromatic heterocycles. The molecule has 9 heteroatoms. The fourth-order valence-electron chi connectivity index (χ4n) is 3.00. The van der Waals surface area contributed by atoms with Crippen LogP contribution >= 0.6 is 0 Å². The second-order valence-electron chi connectivity index (χ2n) is 7.23. The van der Waals surface area contributed by atoms with Crippen LogP contribution in [0.25, 0.3) is 6.08 Å². The van der Waals surface area contributed by atoms with E-state index in [1.165, 1.54) is 42.5 Å². The number of hydrogen-bond acceptors (Lipinski definition) is 4. The molecule has 0 spiro atoms. The smallest absolute Gasteiger partial charge is 0.387 e. The van der Waals surface area contributed by atoms with E-state index in [-0.39, 0.29) is 10.6 Å². The standard InChI is InChI=1S/C24H22F2N2O4S/c1-16-4-3-5-20(14-16)28-33(30,31)22-15-19(10-6-17(22)2)27-23(29)13-9-18-7-11-21(12-8-18)32-24(25)26/h3-15,24,28H,1-2H3,(H,27,29). The number of amides is 1. The van der Waals surface area contributed by atoms with E-state index in [1.54, 1.807) is 37.3 Å². The third-order valence-corrected chi connectivity index (χ3v) is 6.07. The van der Waals surface area contributed by atoms with Crippen molar-refractivity contribution in [3.8, 4) is 5.75 Å². The Bertz CT molecular complexity index is 1270. The summed E-state index contributed by atoms with van der Waals surface area (Å²) in [7, 11) is -3.87. The molecule has 0 heterocycles. The molecule has 3 rings (SSSR count). The highest BCUT2D eigenvalue weighted by atomic mass is 32.2. The number of benzene rings is 3. The number of ether oxygens (including phenoxy) is 1.